The zero-order valence-electron chi connectivity index (χ0n) is 16.6. The average Bonchev–Trinajstić information content (AvgIpc) is 3.37. The van der Waals surface area contributed by atoms with E-state index in [1.165, 1.54) is 0 Å². The fourth-order valence-corrected chi connectivity index (χ4v) is 3.76. The molecular weight excluding hydrogens is 461 g/mol. The third kappa shape index (κ3) is 7.64. The number of ether oxygens (including phenoxy) is 4. The van der Waals surface area contributed by atoms with Gasteiger partial charge in [-0.2, -0.15) is 0 Å². The molecule has 0 aromatic carbocycles. The largest absolute Gasteiger partial charge is 0.379 e. The van der Waals surface area contributed by atoms with E-state index in [2.05, 4.69) is 17.1 Å². The average molecular weight is 497 g/mol. The number of halogens is 1. The first-order chi connectivity index (χ1) is 12.9. The Morgan fingerprint density at radius 1 is 1.11 bits per heavy atom. The molecule has 3 fully saturated rings. The van der Waals surface area contributed by atoms with Crippen LogP contribution < -0.4 is 5.32 Å². The summed E-state index contributed by atoms with van der Waals surface area (Å²) in [7, 11) is 0. The topological polar surface area (TPSA) is 64.6 Å². The van der Waals surface area contributed by atoms with Crippen molar-refractivity contribution in [3.63, 3.8) is 0 Å². The minimum atomic E-state index is 0. The molecule has 0 aromatic rings. The second-order valence-corrected chi connectivity index (χ2v) is 7.21. The van der Waals surface area contributed by atoms with Gasteiger partial charge in [-0.15, -0.1) is 24.0 Å². The first-order valence-electron chi connectivity index (χ1n) is 10.3. The number of hydrogen-bond acceptors (Lipinski definition) is 5. The molecule has 7 nitrogen and oxygen atoms in total. The van der Waals surface area contributed by atoms with Crippen LogP contribution in [-0.4, -0.2) is 88.4 Å². The Bertz CT molecular complexity index is 429. The van der Waals surface area contributed by atoms with Gasteiger partial charge in [0.05, 0.1) is 25.4 Å². The van der Waals surface area contributed by atoms with Crippen LogP contribution in [0.5, 0.6) is 0 Å². The van der Waals surface area contributed by atoms with Gasteiger partial charge in [-0.05, 0) is 39.0 Å². The number of aliphatic imine (C=N–C) groups is 1. The van der Waals surface area contributed by atoms with E-state index in [0.29, 0.717) is 6.10 Å². The highest BCUT2D eigenvalue weighted by atomic mass is 127. The summed E-state index contributed by atoms with van der Waals surface area (Å²) in [5.74, 6) is 0.984. The molecule has 3 rings (SSSR count). The smallest absolute Gasteiger partial charge is 0.194 e. The SMILES string of the molecule is CCNC(=NCCCOCC1CCCO1)N1CCOC(C2CCCO2)C1.I. The number of rotatable bonds is 8. The first kappa shape index (κ1) is 23.1. The van der Waals surface area contributed by atoms with E-state index in [9.17, 15) is 0 Å². The van der Waals surface area contributed by atoms with Gasteiger partial charge in [0.25, 0.3) is 0 Å². The molecule has 0 aliphatic carbocycles. The standard InChI is InChI=1S/C19H35N3O4.HI/c1-2-20-19(21-8-5-10-23-15-16-6-3-11-24-16)22-9-13-26-18(14-22)17-7-4-12-25-17;/h16-18H,2-15H2,1H3,(H,20,21);1H. The van der Waals surface area contributed by atoms with Crippen LogP contribution in [0, 0.1) is 0 Å². The summed E-state index contributed by atoms with van der Waals surface area (Å²) >= 11 is 0. The quantitative estimate of drug-likeness (QED) is 0.240. The molecule has 3 unspecified atom stereocenters. The number of hydrogen-bond donors (Lipinski definition) is 1. The third-order valence-electron chi connectivity index (χ3n) is 5.14. The summed E-state index contributed by atoms with van der Waals surface area (Å²) in [6.07, 6.45) is 6.18. The second kappa shape index (κ2) is 13.1. The molecule has 3 atom stereocenters. The molecular formula is C19H36IN3O4. The van der Waals surface area contributed by atoms with E-state index in [1.54, 1.807) is 0 Å². The van der Waals surface area contributed by atoms with Crippen molar-refractivity contribution in [2.45, 2.75) is 57.3 Å². The summed E-state index contributed by atoms with van der Waals surface area (Å²) in [6, 6.07) is 0. The predicted molar refractivity (Wildman–Crippen MR) is 116 cm³/mol. The van der Waals surface area contributed by atoms with E-state index >= 15 is 0 Å². The van der Waals surface area contributed by atoms with Gasteiger partial charge in [0.1, 0.15) is 6.10 Å². The van der Waals surface area contributed by atoms with Crippen LogP contribution in [0.15, 0.2) is 4.99 Å². The molecule has 1 N–H and O–H groups in total. The Hall–Kier alpha value is -0.160. The molecule has 0 saturated carbocycles. The maximum atomic E-state index is 5.95. The van der Waals surface area contributed by atoms with Crippen LogP contribution in [0.3, 0.4) is 0 Å². The van der Waals surface area contributed by atoms with Gasteiger partial charge in [0.15, 0.2) is 5.96 Å². The molecule has 8 heteroatoms. The lowest BCUT2D eigenvalue weighted by Gasteiger charge is -2.37. The highest BCUT2D eigenvalue weighted by Crippen LogP contribution is 2.21. The van der Waals surface area contributed by atoms with Gasteiger partial charge in [-0.25, -0.2) is 0 Å². The van der Waals surface area contributed by atoms with Gasteiger partial charge in [-0.3, -0.25) is 4.99 Å². The summed E-state index contributed by atoms with van der Waals surface area (Å²) in [6.45, 7) is 9.43. The first-order valence-corrected chi connectivity index (χ1v) is 10.3. The second-order valence-electron chi connectivity index (χ2n) is 7.21. The van der Waals surface area contributed by atoms with Crippen molar-refractivity contribution in [2.24, 2.45) is 4.99 Å². The zero-order valence-corrected chi connectivity index (χ0v) is 18.9. The molecule has 3 heterocycles. The van der Waals surface area contributed by atoms with Gasteiger partial charge >= 0.3 is 0 Å². The minimum absolute atomic E-state index is 0. The van der Waals surface area contributed by atoms with Crippen molar-refractivity contribution in [1.82, 2.24) is 10.2 Å². The molecule has 3 saturated heterocycles. The highest BCUT2D eigenvalue weighted by Gasteiger charge is 2.32. The molecule has 3 aliphatic rings. The lowest BCUT2D eigenvalue weighted by atomic mass is 10.1. The van der Waals surface area contributed by atoms with Gasteiger partial charge in [-0.1, -0.05) is 0 Å². The van der Waals surface area contributed by atoms with Crippen molar-refractivity contribution in [2.75, 3.05) is 59.2 Å². The van der Waals surface area contributed by atoms with E-state index in [1.807, 2.05) is 0 Å². The van der Waals surface area contributed by atoms with Gasteiger partial charge < -0.3 is 29.2 Å². The fourth-order valence-electron chi connectivity index (χ4n) is 3.76. The summed E-state index contributed by atoms with van der Waals surface area (Å²) < 4.78 is 23.0. The monoisotopic (exact) mass is 497 g/mol. The summed E-state index contributed by atoms with van der Waals surface area (Å²) in [4.78, 5) is 7.10. The number of morpholine rings is 1. The summed E-state index contributed by atoms with van der Waals surface area (Å²) in [5.41, 5.74) is 0. The third-order valence-corrected chi connectivity index (χ3v) is 5.14. The molecule has 27 heavy (non-hydrogen) atoms. The van der Waals surface area contributed by atoms with Crippen LogP contribution >= 0.6 is 24.0 Å². The molecule has 3 aliphatic heterocycles. The Labute approximate surface area is 180 Å². The molecule has 0 radical (unpaired) electrons. The number of guanidine groups is 1. The van der Waals surface area contributed by atoms with E-state index in [4.69, 9.17) is 23.9 Å². The van der Waals surface area contributed by atoms with Crippen molar-refractivity contribution in [3.05, 3.63) is 0 Å². The van der Waals surface area contributed by atoms with Crippen molar-refractivity contribution in [3.8, 4) is 0 Å². The van der Waals surface area contributed by atoms with Crippen LogP contribution in [0.4, 0.5) is 0 Å². The predicted octanol–water partition coefficient (Wildman–Crippen LogP) is 2.04. The number of nitrogens with zero attached hydrogens (tertiary/aromatic N) is 2. The lowest BCUT2D eigenvalue weighted by Crippen LogP contribution is -2.53. The zero-order chi connectivity index (χ0) is 18.0. The van der Waals surface area contributed by atoms with Gasteiger partial charge in [0, 0.05) is 46.0 Å². The van der Waals surface area contributed by atoms with Crippen LogP contribution in [0.2, 0.25) is 0 Å². The molecule has 0 amide bonds. The van der Waals surface area contributed by atoms with Crippen LogP contribution in [0.1, 0.15) is 39.0 Å². The summed E-state index contributed by atoms with van der Waals surface area (Å²) in [5, 5.41) is 3.42. The normalized spacial score (nSPS) is 29.0. The van der Waals surface area contributed by atoms with Crippen molar-refractivity contribution >= 4 is 29.9 Å². The molecule has 0 aromatic heterocycles. The molecule has 0 spiro atoms. The van der Waals surface area contributed by atoms with E-state index < -0.39 is 0 Å². The van der Waals surface area contributed by atoms with E-state index in [0.717, 1.165) is 97.3 Å². The Balaban J connectivity index is 0.00000261. The highest BCUT2D eigenvalue weighted by molar-refractivity contribution is 14.0. The van der Waals surface area contributed by atoms with E-state index in [-0.39, 0.29) is 36.2 Å². The van der Waals surface area contributed by atoms with Crippen molar-refractivity contribution in [1.29, 1.82) is 0 Å². The molecule has 0 bridgehead atoms. The lowest BCUT2D eigenvalue weighted by molar-refractivity contribution is -0.0817. The van der Waals surface area contributed by atoms with Crippen molar-refractivity contribution < 1.29 is 18.9 Å². The minimum Gasteiger partial charge on any atom is -0.379 e. The maximum absolute atomic E-state index is 5.95. The van der Waals surface area contributed by atoms with Crippen LogP contribution in [0.25, 0.3) is 0 Å². The van der Waals surface area contributed by atoms with Gasteiger partial charge in [0.2, 0.25) is 0 Å². The fraction of sp³-hybridized carbons (Fsp3) is 0.947. The molecule has 158 valence electrons. The van der Waals surface area contributed by atoms with Crippen LogP contribution in [-0.2, 0) is 18.9 Å². The Kier molecular flexibility index (Phi) is 11.2. The Morgan fingerprint density at radius 3 is 2.67 bits per heavy atom. The number of nitrogens with one attached hydrogen (secondary N) is 1. The Morgan fingerprint density at radius 2 is 1.93 bits per heavy atom. The maximum Gasteiger partial charge on any atom is 0.194 e.